The van der Waals surface area contributed by atoms with Crippen LogP contribution in [0.1, 0.15) is 36.1 Å². The number of carbonyl (C=O) groups is 3. The van der Waals surface area contributed by atoms with Crippen molar-refractivity contribution >= 4 is 17.8 Å². The van der Waals surface area contributed by atoms with Crippen molar-refractivity contribution in [3.05, 3.63) is 108 Å². The van der Waals surface area contributed by atoms with E-state index in [4.69, 9.17) is 0 Å². The molecule has 0 saturated carbocycles. The minimum Gasteiger partial charge on any atom is -0.318 e. The molecule has 4 rings (SSSR count). The fourth-order valence-corrected chi connectivity index (χ4v) is 4.12. The van der Waals surface area contributed by atoms with Gasteiger partial charge in [-0.3, -0.25) is 20.3 Å². The standard InChI is InChI=1S/C26H26N4O3/c1-2-26(21-16-10-5-11-17-21)24(32)30(25(33)28-26)29-22(31)18-27-23(19-12-6-3-7-13-19)20-14-8-4-9-15-20/h3-17,23,27H,2,18H2,1H3,(H,28,33)(H,29,31). The fraction of sp³-hybridized carbons (Fsp3) is 0.192. The first-order valence-corrected chi connectivity index (χ1v) is 10.9. The molecular weight excluding hydrogens is 416 g/mol. The molecule has 1 aliphatic heterocycles. The summed E-state index contributed by atoms with van der Waals surface area (Å²) in [6.07, 6.45) is 0.357. The second kappa shape index (κ2) is 9.67. The summed E-state index contributed by atoms with van der Waals surface area (Å²) in [4.78, 5) is 38.5. The first-order valence-electron chi connectivity index (χ1n) is 10.9. The number of hydrazine groups is 1. The van der Waals surface area contributed by atoms with Crippen LogP contribution < -0.4 is 16.1 Å². The average molecular weight is 443 g/mol. The summed E-state index contributed by atoms with van der Waals surface area (Å²) in [5.74, 6) is -0.993. The van der Waals surface area contributed by atoms with Gasteiger partial charge in [0.2, 0.25) is 0 Å². The van der Waals surface area contributed by atoms with Gasteiger partial charge in [0.15, 0.2) is 0 Å². The summed E-state index contributed by atoms with van der Waals surface area (Å²) in [6, 6.07) is 27.7. The highest BCUT2D eigenvalue weighted by Gasteiger charge is 2.52. The maximum absolute atomic E-state index is 13.2. The zero-order valence-electron chi connectivity index (χ0n) is 18.3. The first kappa shape index (κ1) is 22.2. The lowest BCUT2D eigenvalue weighted by Gasteiger charge is -2.25. The number of urea groups is 1. The Balaban J connectivity index is 1.47. The van der Waals surface area contributed by atoms with Crippen molar-refractivity contribution in [1.29, 1.82) is 0 Å². The van der Waals surface area contributed by atoms with Crippen LogP contribution in [0.5, 0.6) is 0 Å². The van der Waals surface area contributed by atoms with Gasteiger partial charge in [-0.2, -0.15) is 5.01 Å². The van der Waals surface area contributed by atoms with Crippen LogP contribution in [0.15, 0.2) is 91.0 Å². The van der Waals surface area contributed by atoms with Crippen LogP contribution >= 0.6 is 0 Å². The number of hydrogen-bond donors (Lipinski definition) is 3. The van der Waals surface area contributed by atoms with Crippen molar-refractivity contribution in [2.24, 2.45) is 0 Å². The largest absolute Gasteiger partial charge is 0.344 e. The third kappa shape index (κ3) is 4.49. The predicted octanol–water partition coefficient (Wildman–Crippen LogP) is 3.25. The smallest absolute Gasteiger partial charge is 0.318 e. The quantitative estimate of drug-likeness (QED) is 0.467. The van der Waals surface area contributed by atoms with Gasteiger partial charge in [0.1, 0.15) is 5.54 Å². The Morgan fingerprint density at radius 2 is 1.39 bits per heavy atom. The zero-order chi connectivity index (χ0) is 23.3. The number of amides is 4. The summed E-state index contributed by atoms with van der Waals surface area (Å²) < 4.78 is 0. The summed E-state index contributed by atoms with van der Waals surface area (Å²) in [6.45, 7) is 1.73. The van der Waals surface area contributed by atoms with E-state index in [0.29, 0.717) is 12.0 Å². The molecule has 0 aliphatic carbocycles. The van der Waals surface area contributed by atoms with E-state index in [9.17, 15) is 14.4 Å². The zero-order valence-corrected chi connectivity index (χ0v) is 18.3. The molecule has 1 aliphatic rings. The monoisotopic (exact) mass is 442 g/mol. The number of hydrogen-bond acceptors (Lipinski definition) is 4. The van der Waals surface area contributed by atoms with Crippen molar-refractivity contribution in [1.82, 2.24) is 21.1 Å². The van der Waals surface area contributed by atoms with Crippen LogP contribution in [0.4, 0.5) is 4.79 Å². The molecule has 1 heterocycles. The summed E-state index contributed by atoms with van der Waals surface area (Å²) >= 11 is 0. The Morgan fingerprint density at radius 1 is 0.879 bits per heavy atom. The minimum atomic E-state index is -1.20. The van der Waals surface area contributed by atoms with E-state index in [0.717, 1.165) is 16.1 Å². The molecule has 1 saturated heterocycles. The predicted molar refractivity (Wildman–Crippen MR) is 125 cm³/mol. The molecule has 1 atom stereocenters. The fourth-order valence-electron chi connectivity index (χ4n) is 4.12. The molecular formula is C26H26N4O3. The van der Waals surface area contributed by atoms with Crippen molar-refractivity contribution < 1.29 is 14.4 Å². The molecule has 3 N–H and O–H groups in total. The molecule has 3 aromatic rings. The van der Waals surface area contributed by atoms with Gasteiger partial charge in [0.05, 0.1) is 12.6 Å². The van der Waals surface area contributed by atoms with Crippen LogP contribution in [0.25, 0.3) is 0 Å². The lowest BCUT2D eigenvalue weighted by molar-refractivity contribution is -0.139. The highest BCUT2D eigenvalue weighted by atomic mass is 16.2. The maximum atomic E-state index is 13.2. The average Bonchev–Trinajstić information content (AvgIpc) is 3.11. The number of nitrogens with one attached hydrogen (secondary N) is 3. The van der Waals surface area contributed by atoms with E-state index in [1.807, 2.05) is 85.8 Å². The Labute approximate surface area is 192 Å². The van der Waals surface area contributed by atoms with Gasteiger partial charge < -0.3 is 5.32 Å². The number of imide groups is 1. The van der Waals surface area contributed by atoms with E-state index in [-0.39, 0.29) is 12.6 Å². The molecule has 1 fully saturated rings. The van der Waals surface area contributed by atoms with Crippen molar-refractivity contribution in [2.45, 2.75) is 24.9 Å². The lowest BCUT2D eigenvalue weighted by atomic mass is 9.87. The number of nitrogens with zero attached hydrogens (tertiary/aromatic N) is 1. The van der Waals surface area contributed by atoms with Crippen molar-refractivity contribution in [2.75, 3.05) is 6.54 Å². The van der Waals surface area contributed by atoms with Crippen molar-refractivity contribution in [3.63, 3.8) is 0 Å². The van der Waals surface area contributed by atoms with Crippen LogP contribution in [0.3, 0.4) is 0 Å². The molecule has 1 unspecified atom stereocenters. The lowest BCUT2D eigenvalue weighted by Crippen LogP contribution is -2.50. The molecule has 0 radical (unpaired) electrons. The van der Waals surface area contributed by atoms with Crippen LogP contribution in [-0.4, -0.2) is 29.4 Å². The number of rotatable bonds is 8. The highest BCUT2D eigenvalue weighted by molar-refractivity contribution is 6.08. The van der Waals surface area contributed by atoms with Gasteiger partial charge in [0.25, 0.3) is 11.8 Å². The topological polar surface area (TPSA) is 90.5 Å². The Bertz CT molecular complexity index is 1080. The number of carbonyl (C=O) groups excluding carboxylic acids is 3. The van der Waals surface area contributed by atoms with E-state index in [1.165, 1.54) is 0 Å². The molecule has 4 amide bonds. The van der Waals surface area contributed by atoms with Crippen LogP contribution in [0, 0.1) is 0 Å². The number of benzene rings is 3. The van der Waals surface area contributed by atoms with Crippen molar-refractivity contribution in [3.8, 4) is 0 Å². The third-order valence-electron chi connectivity index (χ3n) is 5.86. The van der Waals surface area contributed by atoms with Gasteiger partial charge >= 0.3 is 6.03 Å². The second-order valence-corrected chi connectivity index (χ2v) is 7.87. The normalized spacial score (nSPS) is 17.8. The van der Waals surface area contributed by atoms with Gasteiger partial charge in [-0.1, -0.05) is 97.9 Å². The molecule has 3 aromatic carbocycles. The minimum absolute atomic E-state index is 0.0873. The summed E-state index contributed by atoms with van der Waals surface area (Å²) in [7, 11) is 0. The first-order chi connectivity index (χ1) is 16.0. The summed E-state index contributed by atoms with van der Waals surface area (Å²) in [5.41, 5.74) is 3.94. The summed E-state index contributed by atoms with van der Waals surface area (Å²) in [5, 5.41) is 6.78. The van der Waals surface area contributed by atoms with Gasteiger partial charge in [0, 0.05) is 0 Å². The molecule has 0 spiro atoms. The van der Waals surface area contributed by atoms with Gasteiger partial charge in [-0.15, -0.1) is 0 Å². The Hall–Kier alpha value is -3.97. The maximum Gasteiger partial charge on any atom is 0.344 e. The third-order valence-corrected chi connectivity index (χ3v) is 5.86. The Kier molecular flexibility index (Phi) is 6.51. The highest BCUT2D eigenvalue weighted by Crippen LogP contribution is 2.31. The molecule has 33 heavy (non-hydrogen) atoms. The molecule has 0 bridgehead atoms. The SMILES string of the molecule is CCC1(c2ccccc2)NC(=O)N(NC(=O)CNC(c2ccccc2)c2ccccc2)C1=O. The molecule has 7 nitrogen and oxygen atoms in total. The van der Waals surface area contributed by atoms with E-state index >= 15 is 0 Å². The molecule has 168 valence electrons. The van der Waals surface area contributed by atoms with E-state index < -0.39 is 23.4 Å². The molecule has 7 heteroatoms. The Morgan fingerprint density at radius 3 is 1.91 bits per heavy atom. The van der Waals surface area contributed by atoms with E-state index in [1.54, 1.807) is 12.1 Å². The van der Waals surface area contributed by atoms with Gasteiger partial charge in [-0.05, 0) is 23.1 Å². The van der Waals surface area contributed by atoms with E-state index in [2.05, 4.69) is 16.1 Å². The second-order valence-electron chi connectivity index (χ2n) is 7.87. The molecule has 0 aromatic heterocycles. The van der Waals surface area contributed by atoms with Gasteiger partial charge in [-0.25, -0.2) is 4.79 Å². The van der Waals surface area contributed by atoms with Crippen LogP contribution in [0.2, 0.25) is 0 Å². The van der Waals surface area contributed by atoms with Crippen LogP contribution in [-0.2, 0) is 15.1 Å².